The van der Waals surface area contributed by atoms with E-state index in [4.69, 9.17) is 24.2 Å². The number of carbonyl (C=O) groups excluding carboxylic acids is 1. The molecule has 0 aromatic heterocycles. The van der Waals surface area contributed by atoms with Crippen molar-refractivity contribution >= 4 is 12.0 Å². The minimum absolute atomic E-state index is 0.0638. The summed E-state index contributed by atoms with van der Waals surface area (Å²) in [6.45, 7) is 4.72. The van der Waals surface area contributed by atoms with E-state index in [-0.39, 0.29) is 18.1 Å². The monoisotopic (exact) mass is 422 g/mol. The van der Waals surface area contributed by atoms with Crippen LogP contribution in [0.15, 0.2) is 42.5 Å². The van der Waals surface area contributed by atoms with Crippen LogP contribution < -0.4 is 24.3 Å². The number of amides is 1. The number of nitriles is 1. The molecule has 0 bridgehead atoms. The first kappa shape index (κ1) is 22.0. The van der Waals surface area contributed by atoms with Gasteiger partial charge >= 0.3 is 0 Å². The zero-order chi connectivity index (χ0) is 22.3. The molecule has 2 aromatic rings. The van der Waals surface area contributed by atoms with Crippen LogP contribution in [0.5, 0.6) is 23.0 Å². The molecule has 0 aliphatic carbocycles. The third kappa shape index (κ3) is 5.92. The van der Waals surface area contributed by atoms with Crippen LogP contribution in [0, 0.1) is 11.3 Å². The lowest BCUT2D eigenvalue weighted by atomic mass is 10.0. The highest BCUT2D eigenvalue weighted by molar-refractivity contribution is 5.91. The molecule has 0 saturated heterocycles. The first-order valence-corrected chi connectivity index (χ1v) is 9.99. The normalized spacial score (nSPS) is 13.7. The molecule has 0 unspecified atom stereocenters. The fourth-order valence-corrected chi connectivity index (χ4v) is 3.28. The maximum Gasteiger partial charge on any atom is 0.244 e. The van der Waals surface area contributed by atoms with Gasteiger partial charge in [-0.3, -0.25) is 4.79 Å². The third-order valence-corrected chi connectivity index (χ3v) is 4.62. The summed E-state index contributed by atoms with van der Waals surface area (Å²) in [7, 11) is 1.52. The molecule has 7 heteroatoms. The highest BCUT2D eigenvalue weighted by Crippen LogP contribution is 2.41. The molecule has 1 aliphatic heterocycles. The molecule has 1 heterocycles. The van der Waals surface area contributed by atoms with Gasteiger partial charge in [0.15, 0.2) is 29.6 Å². The second kappa shape index (κ2) is 9.90. The Morgan fingerprint density at radius 1 is 1.23 bits per heavy atom. The quantitative estimate of drug-likeness (QED) is 0.491. The molecule has 162 valence electrons. The molecule has 2 aromatic carbocycles. The smallest absolute Gasteiger partial charge is 0.244 e. The van der Waals surface area contributed by atoms with Crippen LogP contribution in [0.2, 0.25) is 0 Å². The number of ether oxygens (including phenoxy) is 4. The van der Waals surface area contributed by atoms with Crippen molar-refractivity contribution < 1.29 is 23.7 Å². The Morgan fingerprint density at radius 3 is 2.84 bits per heavy atom. The number of carbonyl (C=O) groups is 1. The van der Waals surface area contributed by atoms with Crippen LogP contribution in [0.3, 0.4) is 0 Å². The molecule has 3 rings (SSSR count). The van der Waals surface area contributed by atoms with Gasteiger partial charge in [-0.25, -0.2) is 0 Å². The van der Waals surface area contributed by atoms with Crippen LogP contribution in [0.1, 0.15) is 25.0 Å². The van der Waals surface area contributed by atoms with Gasteiger partial charge in [-0.15, -0.1) is 0 Å². The van der Waals surface area contributed by atoms with Crippen LogP contribution >= 0.6 is 0 Å². The lowest BCUT2D eigenvalue weighted by molar-refractivity contribution is -0.116. The highest BCUT2D eigenvalue weighted by Gasteiger charge is 2.32. The Morgan fingerprint density at radius 2 is 2.06 bits per heavy atom. The average molecular weight is 422 g/mol. The van der Waals surface area contributed by atoms with Gasteiger partial charge in [-0.2, -0.15) is 5.26 Å². The van der Waals surface area contributed by atoms with Gasteiger partial charge in [0.2, 0.25) is 5.91 Å². The van der Waals surface area contributed by atoms with Crippen molar-refractivity contribution in [3.63, 3.8) is 0 Å². The molecule has 7 nitrogen and oxygen atoms in total. The van der Waals surface area contributed by atoms with Crippen molar-refractivity contribution in [1.29, 1.82) is 5.26 Å². The number of fused-ring (bicyclic) bond motifs is 1. The van der Waals surface area contributed by atoms with E-state index in [9.17, 15) is 4.79 Å². The summed E-state index contributed by atoms with van der Waals surface area (Å²) in [4.78, 5) is 12.1. The molecule has 0 atom stereocenters. The Kier molecular flexibility index (Phi) is 7.03. The van der Waals surface area contributed by atoms with Gasteiger partial charge in [0.25, 0.3) is 0 Å². The standard InChI is InChI=1S/C24H26N2O5/c1-24(2)16-18-5-4-6-20(23(18)31-24)30-14-12-26-22(27)10-8-17-7-9-19(29-13-11-25)21(15-17)28-3/h4-10,15H,12-14,16H2,1-3H3,(H,26,27)/b10-8+. The van der Waals surface area contributed by atoms with E-state index < -0.39 is 0 Å². The summed E-state index contributed by atoms with van der Waals surface area (Å²) in [5.41, 5.74) is 1.67. The number of hydrogen-bond acceptors (Lipinski definition) is 6. The van der Waals surface area contributed by atoms with Gasteiger partial charge < -0.3 is 24.3 Å². The number of para-hydroxylation sites is 1. The van der Waals surface area contributed by atoms with E-state index in [2.05, 4.69) is 5.32 Å². The summed E-state index contributed by atoms with van der Waals surface area (Å²) in [5, 5.41) is 11.4. The van der Waals surface area contributed by atoms with Gasteiger partial charge in [0, 0.05) is 18.1 Å². The van der Waals surface area contributed by atoms with Crippen molar-refractivity contribution in [1.82, 2.24) is 5.32 Å². The molecule has 0 spiro atoms. The van der Waals surface area contributed by atoms with E-state index in [1.807, 2.05) is 38.1 Å². The number of rotatable bonds is 9. The van der Waals surface area contributed by atoms with Crippen molar-refractivity contribution in [3.8, 4) is 29.1 Å². The van der Waals surface area contributed by atoms with Gasteiger partial charge in [0.05, 0.1) is 13.7 Å². The molecule has 31 heavy (non-hydrogen) atoms. The van der Waals surface area contributed by atoms with Crippen molar-refractivity contribution in [2.45, 2.75) is 25.9 Å². The van der Waals surface area contributed by atoms with Crippen molar-refractivity contribution in [3.05, 3.63) is 53.6 Å². The largest absolute Gasteiger partial charge is 0.493 e. The maximum atomic E-state index is 12.1. The van der Waals surface area contributed by atoms with Gasteiger partial charge in [0.1, 0.15) is 18.3 Å². The molecule has 0 saturated carbocycles. The van der Waals surface area contributed by atoms with E-state index in [0.29, 0.717) is 30.4 Å². The van der Waals surface area contributed by atoms with E-state index in [0.717, 1.165) is 23.3 Å². The number of nitrogens with zero attached hydrogens (tertiary/aromatic N) is 1. The molecule has 1 N–H and O–H groups in total. The Balaban J connectivity index is 1.48. The van der Waals surface area contributed by atoms with Gasteiger partial charge in [-0.05, 0) is 43.7 Å². The average Bonchev–Trinajstić information content (AvgIpc) is 3.08. The van der Waals surface area contributed by atoms with E-state index >= 15 is 0 Å². The molecule has 1 aliphatic rings. The fourth-order valence-electron chi connectivity index (χ4n) is 3.28. The van der Waals surface area contributed by atoms with Crippen LogP contribution in [0.25, 0.3) is 6.08 Å². The molecular formula is C24H26N2O5. The lowest BCUT2D eigenvalue weighted by Gasteiger charge is -2.18. The molecule has 0 fully saturated rings. The highest BCUT2D eigenvalue weighted by atomic mass is 16.5. The first-order chi connectivity index (χ1) is 14.9. The van der Waals surface area contributed by atoms with Crippen LogP contribution in [-0.2, 0) is 11.2 Å². The first-order valence-electron chi connectivity index (χ1n) is 9.99. The predicted molar refractivity (Wildman–Crippen MR) is 116 cm³/mol. The molecule has 1 amide bonds. The summed E-state index contributed by atoms with van der Waals surface area (Å²) < 4.78 is 22.3. The maximum absolute atomic E-state index is 12.1. The Hall–Kier alpha value is -3.66. The van der Waals surface area contributed by atoms with Gasteiger partial charge in [-0.1, -0.05) is 18.2 Å². The molecular weight excluding hydrogens is 396 g/mol. The number of nitrogens with one attached hydrogen (secondary N) is 1. The van der Waals surface area contributed by atoms with E-state index in [1.54, 1.807) is 24.3 Å². The zero-order valence-corrected chi connectivity index (χ0v) is 17.9. The summed E-state index contributed by atoms with van der Waals surface area (Å²) in [5.74, 6) is 2.21. The fraction of sp³-hybridized carbons (Fsp3) is 0.333. The Bertz CT molecular complexity index is 1010. The number of hydrogen-bond donors (Lipinski definition) is 1. The number of methoxy groups -OCH3 is 1. The van der Waals surface area contributed by atoms with Crippen LogP contribution in [0.4, 0.5) is 0 Å². The number of benzene rings is 2. The van der Waals surface area contributed by atoms with E-state index in [1.165, 1.54) is 13.2 Å². The minimum atomic E-state index is -0.233. The third-order valence-electron chi connectivity index (χ3n) is 4.62. The predicted octanol–water partition coefficient (Wildman–Crippen LogP) is 3.52. The second-order valence-electron chi connectivity index (χ2n) is 7.61. The summed E-state index contributed by atoms with van der Waals surface area (Å²) in [6, 6.07) is 13.0. The lowest BCUT2D eigenvalue weighted by Crippen LogP contribution is -2.26. The topological polar surface area (TPSA) is 89.8 Å². The van der Waals surface area contributed by atoms with Crippen LogP contribution in [-0.4, -0.2) is 38.4 Å². The second-order valence-corrected chi connectivity index (χ2v) is 7.61. The summed E-state index contributed by atoms with van der Waals surface area (Å²) in [6.07, 6.45) is 3.96. The van der Waals surface area contributed by atoms with Crippen molar-refractivity contribution in [2.24, 2.45) is 0 Å². The zero-order valence-electron chi connectivity index (χ0n) is 17.9. The van der Waals surface area contributed by atoms with Crippen molar-refractivity contribution in [2.75, 3.05) is 26.9 Å². The Labute approximate surface area is 182 Å². The minimum Gasteiger partial charge on any atom is -0.493 e. The summed E-state index contributed by atoms with van der Waals surface area (Å²) >= 11 is 0. The molecule has 0 radical (unpaired) electrons. The SMILES string of the molecule is COc1cc(/C=C/C(=O)NCCOc2cccc3c2OC(C)(C)C3)ccc1OCC#N.